The van der Waals surface area contributed by atoms with Crippen LogP contribution in [-0.2, 0) is 35.2 Å². The van der Waals surface area contributed by atoms with E-state index in [1.165, 1.54) is 0 Å². The molecule has 0 fully saturated rings. The molecule has 0 saturated carbocycles. The first-order valence-electron chi connectivity index (χ1n) is 7.34. The van der Waals surface area contributed by atoms with Crippen molar-refractivity contribution in [3.8, 4) is 0 Å². The fourth-order valence-electron chi connectivity index (χ4n) is 1.76. The molecule has 9 nitrogen and oxygen atoms in total. The second kappa shape index (κ2) is 10.6. The van der Waals surface area contributed by atoms with Gasteiger partial charge >= 0.3 is 18.0 Å². The quantitative estimate of drug-likeness (QED) is 0.504. The minimum absolute atomic E-state index is 0.0570. The number of nitrogens with one attached hydrogen (secondary N) is 2. The van der Waals surface area contributed by atoms with Crippen LogP contribution in [0.15, 0.2) is 30.3 Å². The predicted molar refractivity (Wildman–Crippen MR) is 85.2 cm³/mol. The lowest BCUT2D eigenvalue weighted by atomic mass is 10.2. The van der Waals surface area contributed by atoms with E-state index in [2.05, 4.69) is 20.1 Å². The van der Waals surface area contributed by atoms with Crippen LogP contribution in [0.2, 0.25) is 0 Å². The third-order valence-electron chi connectivity index (χ3n) is 3.03. The third-order valence-corrected chi connectivity index (χ3v) is 3.03. The molecule has 1 atom stereocenters. The summed E-state index contributed by atoms with van der Waals surface area (Å²) in [6.45, 7) is -0.371. The van der Waals surface area contributed by atoms with Crippen molar-refractivity contribution in [1.82, 2.24) is 10.6 Å². The van der Waals surface area contributed by atoms with E-state index in [0.717, 1.165) is 19.8 Å². The lowest BCUT2D eigenvalue weighted by Crippen LogP contribution is -2.47. The van der Waals surface area contributed by atoms with Gasteiger partial charge in [-0.1, -0.05) is 30.3 Å². The Morgan fingerprint density at radius 2 is 1.72 bits per heavy atom. The number of benzene rings is 1. The van der Waals surface area contributed by atoms with Crippen LogP contribution in [0.1, 0.15) is 12.0 Å². The van der Waals surface area contributed by atoms with Crippen LogP contribution >= 0.6 is 0 Å². The number of ether oxygens (including phenoxy) is 3. The Hall–Kier alpha value is -3.10. The van der Waals surface area contributed by atoms with Gasteiger partial charge in [0.05, 0.1) is 20.6 Å². The van der Waals surface area contributed by atoms with Crippen LogP contribution in [0.4, 0.5) is 4.79 Å². The van der Waals surface area contributed by atoms with Crippen LogP contribution in [0.3, 0.4) is 0 Å². The lowest BCUT2D eigenvalue weighted by molar-refractivity contribution is -0.150. The Morgan fingerprint density at radius 1 is 1.04 bits per heavy atom. The molecular formula is C16H20N2O7. The van der Waals surface area contributed by atoms with E-state index in [9.17, 15) is 19.2 Å². The van der Waals surface area contributed by atoms with Crippen molar-refractivity contribution in [2.45, 2.75) is 19.1 Å². The number of hydrogen-bond acceptors (Lipinski definition) is 7. The van der Waals surface area contributed by atoms with E-state index in [4.69, 9.17) is 4.74 Å². The van der Waals surface area contributed by atoms with Gasteiger partial charge in [0.1, 0.15) is 19.2 Å². The number of hydrogen-bond donors (Lipinski definition) is 2. The topological polar surface area (TPSA) is 120 Å². The second-order valence-corrected chi connectivity index (χ2v) is 4.84. The van der Waals surface area contributed by atoms with Crippen LogP contribution in [-0.4, -0.2) is 50.7 Å². The molecule has 0 saturated heterocycles. The summed E-state index contributed by atoms with van der Waals surface area (Å²) in [6.07, 6.45) is -1.17. The molecule has 0 aliphatic carbocycles. The Balaban J connectivity index is 2.39. The molecule has 0 heterocycles. The molecule has 0 aliphatic heterocycles. The maximum atomic E-state index is 11.8. The normalized spacial score (nSPS) is 11.0. The van der Waals surface area contributed by atoms with Crippen molar-refractivity contribution in [1.29, 1.82) is 0 Å². The fourth-order valence-corrected chi connectivity index (χ4v) is 1.76. The zero-order valence-electron chi connectivity index (χ0n) is 13.9. The van der Waals surface area contributed by atoms with Gasteiger partial charge in [-0.3, -0.25) is 9.59 Å². The van der Waals surface area contributed by atoms with Gasteiger partial charge < -0.3 is 24.8 Å². The highest BCUT2D eigenvalue weighted by Crippen LogP contribution is 2.00. The third kappa shape index (κ3) is 7.82. The van der Waals surface area contributed by atoms with Crippen molar-refractivity contribution >= 4 is 23.9 Å². The standard InChI is InChI=1S/C16H20N2O7/c1-23-14(20)8-12(15(21)24-2)18-13(19)9-17-16(22)25-10-11-6-4-3-5-7-11/h3-7,12H,8-10H2,1-2H3,(H,17,22)(H,18,19)/t12-/m1/s1. The maximum Gasteiger partial charge on any atom is 0.407 e. The van der Waals surface area contributed by atoms with Gasteiger partial charge in [0.15, 0.2) is 0 Å². The van der Waals surface area contributed by atoms with Gasteiger partial charge in [-0.25, -0.2) is 9.59 Å². The lowest BCUT2D eigenvalue weighted by Gasteiger charge is -2.15. The first-order valence-corrected chi connectivity index (χ1v) is 7.34. The van der Waals surface area contributed by atoms with E-state index >= 15 is 0 Å². The molecule has 25 heavy (non-hydrogen) atoms. The average molecular weight is 352 g/mol. The number of methoxy groups -OCH3 is 2. The van der Waals surface area contributed by atoms with Gasteiger partial charge in [0.25, 0.3) is 0 Å². The summed E-state index contributed by atoms with van der Waals surface area (Å²) in [7, 11) is 2.28. The van der Waals surface area contributed by atoms with Gasteiger partial charge in [-0.05, 0) is 5.56 Å². The van der Waals surface area contributed by atoms with E-state index in [-0.39, 0.29) is 13.0 Å². The summed E-state index contributed by atoms with van der Waals surface area (Å²) >= 11 is 0. The molecule has 9 heteroatoms. The van der Waals surface area contributed by atoms with Crippen LogP contribution in [0.5, 0.6) is 0 Å². The Kier molecular flexibility index (Phi) is 8.48. The molecule has 1 rings (SSSR count). The number of alkyl carbamates (subject to hydrolysis) is 1. The predicted octanol–water partition coefficient (Wildman–Crippen LogP) is 0.134. The van der Waals surface area contributed by atoms with Gasteiger partial charge in [0, 0.05) is 0 Å². The molecule has 0 unspecified atom stereocenters. The largest absolute Gasteiger partial charge is 0.469 e. The number of rotatable bonds is 8. The van der Waals surface area contributed by atoms with E-state index in [0.29, 0.717) is 0 Å². The molecule has 0 aromatic heterocycles. The molecule has 0 spiro atoms. The molecule has 2 N–H and O–H groups in total. The first-order chi connectivity index (χ1) is 12.0. The number of esters is 2. The Labute approximate surface area is 144 Å². The smallest absolute Gasteiger partial charge is 0.407 e. The van der Waals surface area contributed by atoms with Crippen LogP contribution in [0.25, 0.3) is 0 Å². The zero-order chi connectivity index (χ0) is 18.7. The van der Waals surface area contributed by atoms with Crippen LogP contribution < -0.4 is 10.6 Å². The maximum absolute atomic E-state index is 11.8. The summed E-state index contributed by atoms with van der Waals surface area (Å²) in [6, 6.07) is 7.81. The van der Waals surface area contributed by atoms with Crippen LogP contribution in [0, 0.1) is 0 Å². The Bertz CT molecular complexity index is 604. The summed E-state index contributed by atoms with van der Waals surface area (Å²) in [5, 5.41) is 4.52. The summed E-state index contributed by atoms with van der Waals surface area (Å²) in [5.74, 6) is -2.17. The van der Waals surface area contributed by atoms with E-state index in [1.54, 1.807) is 24.3 Å². The number of carbonyl (C=O) groups is 4. The van der Waals surface area contributed by atoms with Crippen molar-refractivity contribution in [2.75, 3.05) is 20.8 Å². The summed E-state index contributed by atoms with van der Waals surface area (Å²) in [5.41, 5.74) is 0.797. The van der Waals surface area contributed by atoms with E-state index in [1.807, 2.05) is 6.07 Å². The average Bonchev–Trinajstić information content (AvgIpc) is 2.64. The SMILES string of the molecule is COC(=O)C[C@@H](NC(=O)CNC(=O)OCc1ccccc1)C(=O)OC. The minimum Gasteiger partial charge on any atom is -0.469 e. The van der Waals surface area contributed by atoms with Gasteiger partial charge in [-0.2, -0.15) is 0 Å². The van der Waals surface area contributed by atoms with Crippen molar-refractivity contribution in [3.05, 3.63) is 35.9 Å². The number of amides is 2. The molecule has 136 valence electrons. The molecule has 1 aromatic carbocycles. The van der Waals surface area contributed by atoms with Crippen molar-refractivity contribution in [3.63, 3.8) is 0 Å². The first kappa shape index (κ1) is 19.9. The van der Waals surface area contributed by atoms with Gasteiger partial charge in [-0.15, -0.1) is 0 Å². The summed E-state index contributed by atoms with van der Waals surface area (Å²) < 4.78 is 13.9. The van der Waals surface area contributed by atoms with Crippen molar-refractivity contribution < 1.29 is 33.4 Å². The van der Waals surface area contributed by atoms with E-state index < -0.39 is 36.5 Å². The number of carbonyl (C=O) groups excluding carboxylic acids is 4. The second-order valence-electron chi connectivity index (χ2n) is 4.84. The van der Waals surface area contributed by atoms with Crippen molar-refractivity contribution in [2.24, 2.45) is 0 Å². The molecule has 1 aromatic rings. The fraction of sp³-hybridized carbons (Fsp3) is 0.375. The highest BCUT2D eigenvalue weighted by Gasteiger charge is 2.25. The highest BCUT2D eigenvalue weighted by molar-refractivity contribution is 5.89. The summed E-state index contributed by atoms with van der Waals surface area (Å²) in [4.78, 5) is 46.1. The molecule has 0 radical (unpaired) electrons. The molecule has 2 amide bonds. The molecular weight excluding hydrogens is 332 g/mol. The minimum atomic E-state index is -1.20. The van der Waals surface area contributed by atoms with Gasteiger partial charge in [0.2, 0.25) is 5.91 Å². The monoisotopic (exact) mass is 352 g/mol. The Morgan fingerprint density at radius 3 is 2.32 bits per heavy atom. The highest BCUT2D eigenvalue weighted by atomic mass is 16.5. The molecule has 0 bridgehead atoms. The zero-order valence-corrected chi connectivity index (χ0v) is 13.9. The molecule has 0 aliphatic rings.